The average molecular weight is 511 g/mol. The molecule has 0 spiro atoms. The van der Waals surface area contributed by atoms with Crippen molar-refractivity contribution in [1.82, 2.24) is 5.43 Å². The first-order valence-electron chi connectivity index (χ1n) is 9.73. The normalized spacial score (nSPS) is 10.6. The van der Waals surface area contributed by atoms with Gasteiger partial charge in [-0.1, -0.05) is 12.1 Å². The van der Waals surface area contributed by atoms with Crippen LogP contribution in [0.25, 0.3) is 0 Å². The Bertz CT molecular complexity index is 1160. The molecule has 3 aromatic rings. The van der Waals surface area contributed by atoms with Gasteiger partial charge in [-0.3, -0.25) is 19.7 Å². The van der Waals surface area contributed by atoms with Crippen molar-refractivity contribution in [2.75, 3.05) is 5.32 Å². The number of carbonyl (C=O) groups is 2. The molecule has 0 aromatic heterocycles. The molecule has 0 aliphatic heterocycles. The summed E-state index contributed by atoms with van der Waals surface area (Å²) in [6.07, 6.45) is 1.08. The Hall–Kier alpha value is -4.05. The Kier molecular flexibility index (Phi) is 8.25. The molecule has 2 N–H and O–H groups in total. The molecule has 0 heterocycles. The van der Waals surface area contributed by atoms with Crippen LogP contribution in [0.3, 0.4) is 0 Å². The highest BCUT2D eigenvalue weighted by molar-refractivity contribution is 9.10. The minimum absolute atomic E-state index is 0.0272. The summed E-state index contributed by atoms with van der Waals surface area (Å²) in [5.41, 5.74) is 4.44. The van der Waals surface area contributed by atoms with E-state index in [2.05, 4.69) is 31.8 Å². The van der Waals surface area contributed by atoms with Crippen LogP contribution in [0.5, 0.6) is 5.75 Å². The van der Waals surface area contributed by atoms with Crippen LogP contribution in [-0.2, 0) is 16.2 Å². The summed E-state index contributed by atoms with van der Waals surface area (Å²) in [5, 5.41) is 17.2. The van der Waals surface area contributed by atoms with E-state index in [4.69, 9.17) is 4.74 Å². The monoisotopic (exact) mass is 510 g/mol. The van der Waals surface area contributed by atoms with Crippen LogP contribution in [-0.4, -0.2) is 23.0 Å². The molecule has 3 rings (SSSR count). The van der Waals surface area contributed by atoms with Crippen LogP contribution in [0.4, 0.5) is 11.4 Å². The predicted molar refractivity (Wildman–Crippen MR) is 127 cm³/mol. The first kappa shape index (κ1) is 23.6. The lowest BCUT2D eigenvalue weighted by Gasteiger charge is -2.07. The fourth-order valence-electron chi connectivity index (χ4n) is 2.65. The van der Waals surface area contributed by atoms with Gasteiger partial charge >= 0.3 is 0 Å². The number of benzene rings is 3. The van der Waals surface area contributed by atoms with Crippen molar-refractivity contribution in [3.05, 3.63) is 98.5 Å². The number of nitrogens with one attached hydrogen (secondary N) is 2. The predicted octanol–water partition coefficient (Wildman–Crippen LogP) is 4.42. The van der Waals surface area contributed by atoms with Gasteiger partial charge in [-0.25, -0.2) is 5.43 Å². The van der Waals surface area contributed by atoms with Crippen molar-refractivity contribution in [2.24, 2.45) is 5.10 Å². The Morgan fingerprint density at radius 2 is 1.70 bits per heavy atom. The van der Waals surface area contributed by atoms with Crippen molar-refractivity contribution < 1.29 is 19.2 Å². The maximum absolute atomic E-state index is 12.0. The minimum Gasteiger partial charge on any atom is -0.489 e. The van der Waals surface area contributed by atoms with E-state index < -0.39 is 16.7 Å². The highest BCUT2D eigenvalue weighted by atomic mass is 79.9. The van der Waals surface area contributed by atoms with Gasteiger partial charge in [0.05, 0.1) is 16.8 Å². The SMILES string of the molecule is O=C(CC(=O)Nc1ccccc1Br)NN=Cc1ccc(OCc2ccc([N+](=O)[O-])cc2)cc1. The number of ether oxygens (including phenoxy) is 1. The van der Waals surface area contributed by atoms with Crippen LogP contribution < -0.4 is 15.5 Å². The van der Waals surface area contributed by atoms with Gasteiger partial charge in [0, 0.05) is 16.6 Å². The molecule has 9 nitrogen and oxygen atoms in total. The van der Waals surface area contributed by atoms with E-state index in [9.17, 15) is 19.7 Å². The summed E-state index contributed by atoms with van der Waals surface area (Å²) in [5.74, 6) is -0.388. The zero-order valence-corrected chi connectivity index (χ0v) is 18.8. The van der Waals surface area contributed by atoms with Crippen molar-refractivity contribution in [1.29, 1.82) is 0 Å². The fraction of sp³-hybridized carbons (Fsp3) is 0.0870. The highest BCUT2D eigenvalue weighted by Gasteiger charge is 2.10. The van der Waals surface area contributed by atoms with E-state index in [0.29, 0.717) is 11.4 Å². The maximum Gasteiger partial charge on any atom is 0.269 e. The third-order valence-electron chi connectivity index (χ3n) is 4.30. The molecule has 2 amide bonds. The smallest absolute Gasteiger partial charge is 0.269 e. The molecule has 0 fully saturated rings. The molecule has 168 valence electrons. The summed E-state index contributed by atoms with van der Waals surface area (Å²) in [6.45, 7) is 0.267. The third kappa shape index (κ3) is 7.54. The van der Waals surface area contributed by atoms with Crippen LogP contribution in [0.15, 0.2) is 82.4 Å². The number of hydrogen-bond acceptors (Lipinski definition) is 6. The van der Waals surface area contributed by atoms with E-state index in [1.807, 2.05) is 6.07 Å². The lowest BCUT2D eigenvalue weighted by atomic mass is 10.2. The van der Waals surface area contributed by atoms with Gasteiger partial charge in [0.1, 0.15) is 18.8 Å². The average Bonchev–Trinajstić information content (AvgIpc) is 2.80. The summed E-state index contributed by atoms with van der Waals surface area (Å²) < 4.78 is 6.38. The number of para-hydroxylation sites is 1. The van der Waals surface area contributed by atoms with Crippen LogP contribution >= 0.6 is 15.9 Å². The molecular formula is C23H19BrN4O5. The summed E-state index contributed by atoms with van der Waals surface area (Å²) in [6, 6.07) is 20.2. The second-order valence-electron chi connectivity index (χ2n) is 6.78. The summed E-state index contributed by atoms with van der Waals surface area (Å²) in [4.78, 5) is 34.1. The molecular weight excluding hydrogens is 492 g/mol. The van der Waals surface area contributed by atoms with Gasteiger partial charge in [0.25, 0.3) is 5.69 Å². The fourth-order valence-corrected chi connectivity index (χ4v) is 3.04. The lowest BCUT2D eigenvalue weighted by Crippen LogP contribution is -2.24. The molecule has 0 saturated carbocycles. The second-order valence-corrected chi connectivity index (χ2v) is 7.63. The van der Waals surface area contributed by atoms with E-state index in [1.54, 1.807) is 54.6 Å². The third-order valence-corrected chi connectivity index (χ3v) is 5.00. The Morgan fingerprint density at radius 1 is 1.00 bits per heavy atom. The maximum atomic E-state index is 12.0. The van der Waals surface area contributed by atoms with Crippen molar-refractivity contribution in [2.45, 2.75) is 13.0 Å². The standard InChI is InChI=1S/C23H19BrN4O5/c24-20-3-1-2-4-21(20)26-22(29)13-23(30)27-25-14-16-7-11-19(12-8-16)33-15-17-5-9-18(10-6-17)28(31)32/h1-12,14H,13,15H2,(H,26,29)(H,27,30). The minimum atomic E-state index is -0.543. The zero-order chi connectivity index (χ0) is 23.6. The highest BCUT2D eigenvalue weighted by Crippen LogP contribution is 2.21. The van der Waals surface area contributed by atoms with Gasteiger partial charge in [-0.05, 0) is 75.6 Å². The molecule has 0 bridgehead atoms. The van der Waals surface area contributed by atoms with E-state index >= 15 is 0 Å². The van der Waals surface area contributed by atoms with Crippen molar-refractivity contribution in [3.8, 4) is 5.75 Å². The van der Waals surface area contributed by atoms with Gasteiger partial charge in [-0.2, -0.15) is 5.10 Å². The number of rotatable bonds is 9. The van der Waals surface area contributed by atoms with Crippen LogP contribution in [0.1, 0.15) is 17.5 Å². The van der Waals surface area contributed by atoms with Gasteiger partial charge < -0.3 is 10.1 Å². The number of hydrogen-bond donors (Lipinski definition) is 2. The van der Waals surface area contributed by atoms with Gasteiger partial charge in [0.15, 0.2) is 0 Å². The first-order chi connectivity index (χ1) is 15.9. The Labute approximate surface area is 197 Å². The van der Waals surface area contributed by atoms with Crippen LogP contribution in [0, 0.1) is 10.1 Å². The number of hydrazone groups is 1. The number of nitro benzene ring substituents is 1. The van der Waals surface area contributed by atoms with E-state index in [0.717, 1.165) is 15.6 Å². The van der Waals surface area contributed by atoms with Crippen molar-refractivity contribution >= 4 is 45.3 Å². The quantitative estimate of drug-likeness (QED) is 0.191. The molecule has 33 heavy (non-hydrogen) atoms. The number of anilines is 1. The first-order valence-corrected chi connectivity index (χ1v) is 10.5. The van der Waals surface area contributed by atoms with E-state index in [1.165, 1.54) is 18.3 Å². The number of non-ortho nitro benzene ring substituents is 1. The molecule has 0 radical (unpaired) electrons. The summed E-state index contributed by atoms with van der Waals surface area (Å²) >= 11 is 3.32. The van der Waals surface area contributed by atoms with E-state index in [-0.39, 0.29) is 18.7 Å². The molecule has 0 aliphatic rings. The van der Waals surface area contributed by atoms with Crippen LogP contribution in [0.2, 0.25) is 0 Å². The van der Waals surface area contributed by atoms with Crippen molar-refractivity contribution in [3.63, 3.8) is 0 Å². The molecule has 10 heteroatoms. The molecule has 3 aromatic carbocycles. The van der Waals surface area contributed by atoms with Gasteiger partial charge in [0.2, 0.25) is 11.8 Å². The molecule has 0 aliphatic carbocycles. The second kappa shape index (κ2) is 11.5. The topological polar surface area (TPSA) is 123 Å². The number of nitrogens with zero attached hydrogens (tertiary/aromatic N) is 2. The van der Waals surface area contributed by atoms with Gasteiger partial charge in [-0.15, -0.1) is 0 Å². The number of carbonyl (C=O) groups excluding carboxylic acids is 2. The number of nitro groups is 1. The molecule has 0 unspecified atom stereocenters. The molecule has 0 saturated heterocycles. The largest absolute Gasteiger partial charge is 0.489 e. The Balaban J connectivity index is 1.42. The zero-order valence-electron chi connectivity index (χ0n) is 17.2. The Morgan fingerprint density at radius 3 is 2.36 bits per heavy atom. The molecule has 0 atom stereocenters. The number of halogens is 1. The summed E-state index contributed by atoms with van der Waals surface area (Å²) in [7, 11) is 0. The number of amides is 2. The lowest BCUT2D eigenvalue weighted by molar-refractivity contribution is -0.384.